The first-order valence-corrected chi connectivity index (χ1v) is 14.3. The predicted octanol–water partition coefficient (Wildman–Crippen LogP) is 4.11. The molecule has 42 heavy (non-hydrogen) atoms. The highest BCUT2D eigenvalue weighted by Gasteiger charge is 2.27. The molecule has 0 bridgehead atoms. The third kappa shape index (κ3) is 8.04. The molecule has 2 N–H and O–H groups in total. The van der Waals surface area contributed by atoms with E-state index in [0.29, 0.717) is 47.4 Å². The van der Waals surface area contributed by atoms with E-state index < -0.39 is 5.97 Å². The zero-order valence-electron chi connectivity index (χ0n) is 24.4. The number of likely N-dealkylation sites (tertiary alicyclic amines) is 1. The van der Waals surface area contributed by atoms with Crippen LogP contribution < -0.4 is 15.0 Å². The number of carboxylic acids is 1. The molecule has 1 aliphatic rings. The fourth-order valence-electron chi connectivity index (χ4n) is 5.47. The summed E-state index contributed by atoms with van der Waals surface area (Å²) in [7, 11) is 0. The number of carboxylic acid groups (broad SMARTS) is 1. The van der Waals surface area contributed by atoms with E-state index in [0.717, 1.165) is 43.6 Å². The van der Waals surface area contributed by atoms with Crippen LogP contribution in [0.4, 0.5) is 5.69 Å². The van der Waals surface area contributed by atoms with Crippen LogP contribution in [-0.2, 0) is 11.3 Å². The number of piperidine rings is 1. The van der Waals surface area contributed by atoms with Gasteiger partial charge in [-0.3, -0.25) is 4.79 Å². The minimum Gasteiger partial charge on any atom is -0.482 e. The summed E-state index contributed by atoms with van der Waals surface area (Å²) in [5, 5.41) is 21.3. The monoisotopic (exact) mass is 570 g/mol. The van der Waals surface area contributed by atoms with Crippen molar-refractivity contribution < 1.29 is 19.4 Å². The van der Waals surface area contributed by atoms with Gasteiger partial charge in [0.15, 0.2) is 6.61 Å². The summed E-state index contributed by atoms with van der Waals surface area (Å²) in [5.41, 5.74) is 4.62. The second-order valence-corrected chi connectivity index (χ2v) is 10.7. The summed E-state index contributed by atoms with van der Waals surface area (Å²) in [5.74, 6) is -0.641. The van der Waals surface area contributed by atoms with Crippen molar-refractivity contribution in [2.24, 2.45) is 0 Å². The van der Waals surface area contributed by atoms with Gasteiger partial charge in [0.1, 0.15) is 12.1 Å². The fourth-order valence-corrected chi connectivity index (χ4v) is 5.47. The first-order valence-electron chi connectivity index (χ1n) is 14.3. The molecule has 1 aromatic heterocycles. The summed E-state index contributed by atoms with van der Waals surface area (Å²) in [6, 6.07) is 18.0. The lowest BCUT2D eigenvalue weighted by Gasteiger charge is -2.42. The van der Waals surface area contributed by atoms with Gasteiger partial charge in [0.2, 0.25) is 0 Å². The van der Waals surface area contributed by atoms with Crippen LogP contribution in [0.2, 0.25) is 0 Å². The van der Waals surface area contributed by atoms with Crippen molar-refractivity contribution in [1.82, 2.24) is 20.2 Å². The lowest BCUT2D eigenvalue weighted by atomic mass is 9.99. The molecular formula is C32H38N6O4. The number of nitrogens with zero attached hydrogens (tertiary/aromatic N) is 5. The number of nitrogens with one attached hydrogen (secondary N) is 1. The molecule has 0 saturated carbocycles. The molecule has 1 amide bonds. The molecular weight excluding hydrogens is 532 g/mol. The van der Waals surface area contributed by atoms with E-state index in [9.17, 15) is 14.9 Å². The van der Waals surface area contributed by atoms with E-state index in [4.69, 9.17) is 9.84 Å². The molecule has 1 aliphatic heterocycles. The van der Waals surface area contributed by atoms with E-state index in [-0.39, 0.29) is 18.6 Å². The molecule has 10 heteroatoms. The quantitative estimate of drug-likeness (QED) is 0.330. The zero-order chi connectivity index (χ0) is 30.1. The van der Waals surface area contributed by atoms with Crippen molar-refractivity contribution in [1.29, 1.82) is 5.26 Å². The van der Waals surface area contributed by atoms with Crippen LogP contribution in [0.25, 0.3) is 0 Å². The first kappa shape index (κ1) is 30.5. The Labute approximate surface area is 247 Å². The number of rotatable bonds is 12. The smallest absolute Gasteiger partial charge is 0.341 e. The maximum absolute atomic E-state index is 12.7. The molecule has 0 spiro atoms. The second-order valence-electron chi connectivity index (χ2n) is 10.7. The number of ether oxygens (including phenoxy) is 1. The summed E-state index contributed by atoms with van der Waals surface area (Å²) in [6.45, 7) is 8.55. The average molecular weight is 571 g/mol. The van der Waals surface area contributed by atoms with Crippen molar-refractivity contribution in [2.45, 2.75) is 58.7 Å². The van der Waals surface area contributed by atoms with Gasteiger partial charge >= 0.3 is 5.97 Å². The number of hydrogen-bond donors (Lipinski definition) is 2. The van der Waals surface area contributed by atoms with Crippen LogP contribution in [0, 0.1) is 25.2 Å². The standard InChI is InChI=1S/C32H38N6O4/c1-22(11-14-34-32(41)31-23(2)35-21-36-24(31)3)37-15-12-28(13-16-37)38(19-26-6-4-5-25(17-26)18-33)27-7-9-29(10-8-27)42-20-30(39)40/h4-10,17,21-22,28H,11-16,19-20H2,1-3H3,(H,34,41)(H,39,40). The topological polar surface area (TPSA) is 132 Å². The molecule has 0 radical (unpaired) electrons. The van der Waals surface area contributed by atoms with E-state index in [1.165, 1.54) is 6.33 Å². The van der Waals surface area contributed by atoms with Crippen LogP contribution in [0.3, 0.4) is 0 Å². The Hall–Kier alpha value is -4.49. The van der Waals surface area contributed by atoms with Gasteiger partial charge in [-0.15, -0.1) is 0 Å². The van der Waals surface area contributed by atoms with Gasteiger partial charge in [0, 0.05) is 44.0 Å². The molecule has 3 aromatic rings. The van der Waals surface area contributed by atoms with Gasteiger partial charge < -0.3 is 25.0 Å². The number of carbonyl (C=O) groups excluding carboxylic acids is 1. The predicted molar refractivity (Wildman–Crippen MR) is 159 cm³/mol. The third-order valence-corrected chi connectivity index (χ3v) is 7.80. The highest BCUT2D eigenvalue weighted by molar-refractivity contribution is 5.96. The third-order valence-electron chi connectivity index (χ3n) is 7.80. The normalized spacial score (nSPS) is 14.5. The number of hydrogen-bond acceptors (Lipinski definition) is 8. The molecule has 4 rings (SSSR count). The molecule has 1 fully saturated rings. The van der Waals surface area contributed by atoms with E-state index in [1.54, 1.807) is 18.2 Å². The maximum Gasteiger partial charge on any atom is 0.341 e. The van der Waals surface area contributed by atoms with Crippen LogP contribution in [0.5, 0.6) is 5.75 Å². The zero-order valence-corrected chi connectivity index (χ0v) is 24.4. The van der Waals surface area contributed by atoms with Gasteiger partial charge in [-0.2, -0.15) is 5.26 Å². The number of aliphatic carboxylic acids is 1. The van der Waals surface area contributed by atoms with E-state index in [1.807, 2.05) is 44.2 Å². The second kappa shape index (κ2) is 14.4. The van der Waals surface area contributed by atoms with Crippen LogP contribution in [-0.4, -0.2) is 70.2 Å². The summed E-state index contributed by atoms with van der Waals surface area (Å²) < 4.78 is 5.33. The van der Waals surface area contributed by atoms with Gasteiger partial charge in [-0.25, -0.2) is 14.8 Å². The molecule has 1 atom stereocenters. The molecule has 0 aliphatic carbocycles. The van der Waals surface area contributed by atoms with Gasteiger partial charge in [-0.05, 0) is 82.0 Å². The largest absolute Gasteiger partial charge is 0.482 e. The van der Waals surface area contributed by atoms with Crippen molar-refractivity contribution in [3.8, 4) is 11.8 Å². The Morgan fingerprint density at radius 3 is 2.48 bits per heavy atom. The van der Waals surface area contributed by atoms with Gasteiger partial charge in [-0.1, -0.05) is 12.1 Å². The van der Waals surface area contributed by atoms with Crippen molar-refractivity contribution in [2.75, 3.05) is 31.1 Å². The van der Waals surface area contributed by atoms with E-state index >= 15 is 0 Å². The Balaban J connectivity index is 1.37. The maximum atomic E-state index is 12.7. The average Bonchev–Trinajstić information content (AvgIpc) is 2.99. The molecule has 1 unspecified atom stereocenters. The number of nitriles is 1. The number of aromatic nitrogens is 2. The number of anilines is 1. The van der Waals surface area contributed by atoms with Crippen molar-refractivity contribution >= 4 is 17.6 Å². The highest BCUT2D eigenvalue weighted by Crippen LogP contribution is 2.29. The van der Waals surface area contributed by atoms with Gasteiger partial charge in [0.25, 0.3) is 5.91 Å². The molecule has 220 valence electrons. The Morgan fingerprint density at radius 1 is 1.14 bits per heavy atom. The van der Waals surface area contributed by atoms with Crippen molar-refractivity contribution in [3.63, 3.8) is 0 Å². The minimum absolute atomic E-state index is 0.132. The van der Waals surface area contributed by atoms with Crippen LogP contribution in [0.1, 0.15) is 59.1 Å². The molecule has 2 heterocycles. The number of amides is 1. The molecule has 10 nitrogen and oxygen atoms in total. The summed E-state index contributed by atoms with van der Waals surface area (Å²) >= 11 is 0. The number of benzene rings is 2. The van der Waals surface area contributed by atoms with Gasteiger partial charge in [0.05, 0.1) is 28.6 Å². The Bertz CT molecular complexity index is 1390. The summed E-state index contributed by atoms with van der Waals surface area (Å²) in [6.07, 6.45) is 4.24. The minimum atomic E-state index is -1.02. The van der Waals surface area contributed by atoms with Crippen LogP contribution >= 0.6 is 0 Å². The highest BCUT2D eigenvalue weighted by atomic mass is 16.5. The number of aryl methyl sites for hydroxylation is 2. The Kier molecular flexibility index (Phi) is 10.5. The lowest BCUT2D eigenvalue weighted by molar-refractivity contribution is -0.139. The molecule has 2 aromatic carbocycles. The Morgan fingerprint density at radius 2 is 1.83 bits per heavy atom. The molecule has 1 saturated heterocycles. The lowest BCUT2D eigenvalue weighted by Crippen LogP contribution is -2.48. The van der Waals surface area contributed by atoms with Crippen LogP contribution in [0.15, 0.2) is 54.9 Å². The fraction of sp³-hybridized carbons (Fsp3) is 0.406. The first-order chi connectivity index (χ1) is 20.2. The van der Waals surface area contributed by atoms with E-state index in [2.05, 4.69) is 38.1 Å². The SMILES string of the molecule is Cc1ncnc(C)c1C(=O)NCCC(C)N1CCC(N(Cc2cccc(C#N)c2)c2ccc(OCC(=O)O)cc2)CC1. The van der Waals surface area contributed by atoms with Crippen molar-refractivity contribution in [3.05, 3.63) is 82.9 Å². The number of carbonyl (C=O) groups is 2. The summed E-state index contributed by atoms with van der Waals surface area (Å²) in [4.78, 5) is 36.7.